The van der Waals surface area contributed by atoms with Gasteiger partial charge in [0.1, 0.15) is 6.61 Å². The molecule has 3 rings (SSSR count). The van der Waals surface area contributed by atoms with Crippen molar-refractivity contribution in [3.8, 4) is 0 Å². The third kappa shape index (κ3) is 3.69. The fourth-order valence-corrected chi connectivity index (χ4v) is 2.67. The normalized spacial score (nSPS) is 17.9. The predicted octanol–water partition coefficient (Wildman–Crippen LogP) is 1.63. The van der Waals surface area contributed by atoms with Crippen molar-refractivity contribution in [2.75, 3.05) is 13.1 Å². The van der Waals surface area contributed by atoms with Gasteiger partial charge in [-0.05, 0) is 22.9 Å². The Bertz CT molecular complexity index is 593. The maximum Gasteiger partial charge on any atom is 0.242 e. The summed E-state index contributed by atoms with van der Waals surface area (Å²) in [6.07, 6.45) is 4.03. The van der Waals surface area contributed by atoms with Gasteiger partial charge in [0.05, 0.1) is 23.3 Å². The van der Waals surface area contributed by atoms with E-state index in [9.17, 15) is 0 Å². The first-order chi connectivity index (χ1) is 10.1. The summed E-state index contributed by atoms with van der Waals surface area (Å²) in [7, 11) is 0. The number of likely N-dealkylation sites (tertiary alicyclic amines) is 1. The molecular formula is C13H18BrN5O2. The van der Waals surface area contributed by atoms with Crippen molar-refractivity contribution in [1.82, 2.24) is 24.9 Å². The van der Waals surface area contributed by atoms with Crippen molar-refractivity contribution < 1.29 is 9.15 Å². The van der Waals surface area contributed by atoms with E-state index in [-0.39, 0.29) is 6.10 Å². The molecule has 1 fully saturated rings. The summed E-state index contributed by atoms with van der Waals surface area (Å²) in [5.41, 5.74) is 0. The number of hydrogen-bond acceptors (Lipinski definition) is 6. The lowest BCUT2D eigenvalue weighted by Crippen LogP contribution is -2.56. The van der Waals surface area contributed by atoms with Gasteiger partial charge in [-0.3, -0.25) is 9.58 Å². The number of aryl methyl sites for hydroxylation is 1. The van der Waals surface area contributed by atoms with Crippen LogP contribution in [0.2, 0.25) is 0 Å². The number of rotatable bonds is 6. The van der Waals surface area contributed by atoms with Gasteiger partial charge in [-0.25, -0.2) is 0 Å². The second-order valence-electron chi connectivity index (χ2n) is 5.33. The molecule has 1 aliphatic heterocycles. The van der Waals surface area contributed by atoms with Crippen LogP contribution < -0.4 is 0 Å². The van der Waals surface area contributed by atoms with Crippen LogP contribution in [0.15, 0.2) is 21.3 Å². The minimum atomic E-state index is 0.240. The molecule has 0 saturated carbocycles. The summed E-state index contributed by atoms with van der Waals surface area (Å²) < 4.78 is 14.0. The molecule has 0 aromatic carbocycles. The number of hydrogen-bond donors (Lipinski definition) is 0. The van der Waals surface area contributed by atoms with Crippen molar-refractivity contribution in [3.63, 3.8) is 0 Å². The number of nitrogens with zero attached hydrogens (tertiary/aromatic N) is 5. The van der Waals surface area contributed by atoms with E-state index in [1.54, 1.807) is 13.1 Å². The van der Waals surface area contributed by atoms with E-state index in [2.05, 4.69) is 43.0 Å². The predicted molar refractivity (Wildman–Crippen MR) is 78.6 cm³/mol. The van der Waals surface area contributed by atoms with Crippen molar-refractivity contribution in [1.29, 1.82) is 0 Å². The largest absolute Gasteiger partial charge is 0.423 e. The van der Waals surface area contributed by atoms with Crippen LogP contribution in [-0.2, 0) is 17.9 Å². The van der Waals surface area contributed by atoms with Crippen molar-refractivity contribution in [2.45, 2.75) is 39.1 Å². The van der Waals surface area contributed by atoms with Gasteiger partial charge in [-0.15, -0.1) is 10.2 Å². The fraction of sp³-hybridized carbons (Fsp3) is 0.615. The van der Waals surface area contributed by atoms with E-state index in [1.807, 2.05) is 10.9 Å². The van der Waals surface area contributed by atoms with Crippen molar-refractivity contribution in [2.24, 2.45) is 0 Å². The summed E-state index contributed by atoms with van der Waals surface area (Å²) in [5, 5.41) is 12.0. The average molecular weight is 356 g/mol. The van der Waals surface area contributed by atoms with Crippen molar-refractivity contribution in [3.05, 3.63) is 28.6 Å². The molecule has 1 aliphatic rings. The first-order valence-electron chi connectivity index (χ1n) is 6.93. The first-order valence-corrected chi connectivity index (χ1v) is 7.72. The summed E-state index contributed by atoms with van der Waals surface area (Å²) in [5.74, 6) is 1.11. The lowest BCUT2D eigenvalue weighted by atomic mass is 10.1. The minimum Gasteiger partial charge on any atom is -0.423 e. The van der Waals surface area contributed by atoms with Crippen LogP contribution in [0.25, 0.3) is 0 Å². The molecule has 7 nitrogen and oxygen atoms in total. The van der Waals surface area contributed by atoms with Crippen LogP contribution in [0.3, 0.4) is 0 Å². The van der Waals surface area contributed by atoms with E-state index in [4.69, 9.17) is 9.15 Å². The van der Waals surface area contributed by atoms with E-state index in [1.165, 1.54) is 0 Å². The quantitative estimate of drug-likeness (QED) is 0.784. The third-order valence-corrected chi connectivity index (χ3v) is 3.97. The Labute approximate surface area is 131 Å². The van der Waals surface area contributed by atoms with Gasteiger partial charge >= 0.3 is 0 Å². The molecular weight excluding hydrogens is 338 g/mol. The van der Waals surface area contributed by atoms with Crippen molar-refractivity contribution >= 4 is 15.9 Å². The highest BCUT2D eigenvalue weighted by Crippen LogP contribution is 2.18. The number of halogens is 1. The maximum atomic E-state index is 5.74. The van der Waals surface area contributed by atoms with Gasteiger partial charge in [-0.2, -0.15) is 5.10 Å². The number of ether oxygens (including phenoxy) is 1. The van der Waals surface area contributed by atoms with Gasteiger partial charge in [0, 0.05) is 32.3 Å². The average Bonchev–Trinajstić information content (AvgIpc) is 2.96. The van der Waals surface area contributed by atoms with Gasteiger partial charge in [0.25, 0.3) is 0 Å². The zero-order valence-corrected chi connectivity index (χ0v) is 13.7. The molecule has 0 spiro atoms. The van der Waals surface area contributed by atoms with Crippen LogP contribution in [-0.4, -0.2) is 50.1 Å². The molecule has 2 aromatic rings. The molecule has 0 amide bonds. The standard InChI is InChI=1S/C13H18BrN5O2/c1-9(4-19-5-11(14)3-15-19)18-6-12(7-18)20-8-13-17-16-10(2)21-13/h3,5,9,12H,4,6-8H2,1-2H3. The van der Waals surface area contributed by atoms with Gasteiger partial charge in [0.2, 0.25) is 11.8 Å². The second-order valence-corrected chi connectivity index (χ2v) is 6.25. The Morgan fingerprint density at radius 2 is 2.29 bits per heavy atom. The highest BCUT2D eigenvalue weighted by molar-refractivity contribution is 9.10. The first kappa shape index (κ1) is 14.7. The van der Waals surface area contributed by atoms with Crippen LogP contribution in [0, 0.1) is 6.92 Å². The second kappa shape index (κ2) is 6.25. The van der Waals surface area contributed by atoms with Crippen LogP contribution in [0.4, 0.5) is 0 Å². The van der Waals surface area contributed by atoms with Gasteiger partial charge in [0.15, 0.2) is 0 Å². The molecule has 2 aromatic heterocycles. The lowest BCUT2D eigenvalue weighted by molar-refractivity contribution is -0.0837. The van der Waals surface area contributed by atoms with Gasteiger partial charge in [-0.1, -0.05) is 0 Å². The Hall–Kier alpha value is -1.25. The lowest BCUT2D eigenvalue weighted by Gasteiger charge is -2.42. The molecule has 1 atom stereocenters. The Kier molecular flexibility index (Phi) is 4.37. The zero-order valence-electron chi connectivity index (χ0n) is 12.1. The third-order valence-electron chi connectivity index (χ3n) is 3.56. The van der Waals surface area contributed by atoms with Crippen LogP contribution in [0.5, 0.6) is 0 Å². The Morgan fingerprint density at radius 3 is 2.90 bits per heavy atom. The maximum absolute atomic E-state index is 5.74. The smallest absolute Gasteiger partial charge is 0.242 e. The van der Waals surface area contributed by atoms with Crippen LogP contribution in [0.1, 0.15) is 18.7 Å². The molecule has 114 valence electrons. The Balaban J connectivity index is 1.38. The van der Waals surface area contributed by atoms with E-state index < -0.39 is 0 Å². The van der Waals surface area contributed by atoms with E-state index in [0.717, 1.165) is 24.1 Å². The van der Waals surface area contributed by atoms with Gasteiger partial charge < -0.3 is 9.15 Å². The van der Waals surface area contributed by atoms with E-state index >= 15 is 0 Å². The highest BCUT2D eigenvalue weighted by atomic mass is 79.9. The molecule has 1 saturated heterocycles. The number of aromatic nitrogens is 4. The van der Waals surface area contributed by atoms with E-state index in [0.29, 0.717) is 24.4 Å². The van der Waals surface area contributed by atoms with Crippen LogP contribution >= 0.6 is 15.9 Å². The summed E-state index contributed by atoms with van der Waals surface area (Å²) >= 11 is 3.41. The fourth-order valence-electron chi connectivity index (χ4n) is 2.34. The molecule has 3 heterocycles. The topological polar surface area (TPSA) is 69.2 Å². The molecule has 1 unspecified atom stereocenters. The molecule has 0 N–H and O–H groups in total. The summed E-state index contributed by atoms with van der Waals surface area (Å²) in [6.45, 7) is 7.10. The minimum absolute atomic E-state index is 0.240. The monoisotopic (exact) mass is 355 g/mol. The molecule has 0 radical (unpaired) electrons. The summed E-state index contributed by atoms with van der Waals surface area (Å²) in [6, 6.07) is 0.433. The summed E-state index contributed by atoms with van der Waals surface area (Å²) in [4.78, 5) is 2.37. The molecule has 0 bridgehead atoms. The molecule has 8 heteroatoms. The molecule has 21 heavy (non-hydrogen) atoms. The highest BCUT2D eigenvalue weighted by Gasteiger charge is 2.31. The Morgan fingerprint density at radius 1 is 1.48 bits per heavy atom. The zero-order chi connectivity index (χ0) is 14.8. The molecule has 0 aliphatic carbocycles. The SMILES string of the molecule is Cc1nnc(COC2CN(C(C)Cn3cc(Br)cn3)C2)o1.